The highest BCUT2D eigenvalue weighted by molar-refractivity contribution is 6.03. The third kappa shape index (κ3) is 4.95. The van der Waals surface area contributed by atoms with E-state index < -0.39 is 5.91 Å². The minimum Gasteiger partial charge on any atom is -0.495 e. The van der Waals surface area contributed by atoms with Crippen LogP contribution < -0.4 is 15.4 Å². The third-order valence-corrected chi connectivity index (χ3v) is 3.05. The molecule has 0 heterocycles. The number of hydrogen-bond acceptors (Lipinski definition) is 3. The highest BCUT2D eigenvalue weighted by Crippen LogP contribution is 2.27. The summed E-state index contributed by atoms with van der Waals surface area (Å²) in [4.78, 5) is 23.2. The lowest BCUT2D eigenvalue weighted by Crippen LogP contribution is -2.10. The summed E-state index contributed by atoms with van der Waals surface area (Å²) in [6, 6.07) is 10.8. The summed E-state index contributed by atoms with van der Waals surface area (Å²) >= 11 is 0. The fourth-order valence-electron chi connectivity index (χ4n) is 2.04. The number of nitrogens with one attached hydrogen (secondary N) is 2. The predicted octanol–water partition coefficient (Wildman–Crippen LogP) is 3.44. The van der Waals surface area contributed by atoms with E-state index in [1.165, 1.54) is 38.3 Å². The molecule has 124 valence electrons. The Labute approximate surface area is 139 Å². The van der Waals surface area contributed by atoms with Crippen LogP contribution in [0.1, 0.15) is 12.5 Å². The second-order valence-corrected chi connectivity index (χ2v) is 4.97. The van der Waals surface area contributed by atoms with Gasteiger partial charge in [-0.3, -0.25) is 9.59 Å². The van der Waals surface area contributed by atoms with E-state index in [9.17, 15) is 14.0 Å². The molecule has 2 rings (SSSR count). The van der Waals surface area contributed by atoms with Crippen LogP contribution in [0, 0.1) is 5.82 Å². The summed E-state index contributed by atoms with van der Waals surface area (Å²) in [5.74, 6) is -0.542. The van der Waals surface area contributed by atoms with Crippen LogP contribution in [0.4, 0.5) is 15.8 Å². The summed E-state index contributed by atoms with van der Waals surface area (Å²) in [6.45, 7) is 1.39. The number of hydrogen-bond donors (Lipinski definition) is 2. The van der Waals surface area contributed by atoms with Gasteiger partial charge in [-0.2, -0.15) is 0 Å². The molecule has 2 aromatic rings. The Hall–Kier alpha value is -3.15. The first-order valence-corrected chi connectivity index (χ1v) is 7.18. The first-order valence-electron chi connectivity index (χ1n) is 7.18. The molecule has 0 aliphatic rings. The molecule has 24 heavy (non-hydrogen) atoms. The first-order chi connectivity index (χ1) is 11.5. The van der Waals surface area contributed by atoms with Crippen molar-refractivity contribution in [1.82, 2.24) is 0 Å². The summed E-state index contributed by atoms with van der Waals surface area (Å²) < 4.78 is 18.3. The third-order valence-electron chi connectivity index (χ3n) is 3.05. The second-order valence-electron chi connectivity index (χ2n) is 4.97. The molecule has 0 radical (unpaired) electrons. The molecule has 0 bridgehead atoms. The van der Waals surface area contributed by atoms with Crippen LogP contribution in [0.2, 0.25) is 0 Å². The highest BCUT2D eigenvalue weighted by Gasteiger charge is 2.07. The highest BCUT2D eigenvalue weighted by atomic mass is 19.1. The summed E-state index contributed by atoms with van der Waals surface area (Å²) in [6.07, 6.45) is 2.79. The van der Waals surface area contributed by atoms with E-state index in [-0.39, 0.29) is 11.7 Å². The monoisotopic (exact) mass is 328 g/mol. The Morgan fingerprint density at radius 1 is 1.12 bits per heavy atom. The smallest absolute Gasteiger partial charge is 0.248 e. The van der Waals surface area contributed by atoms with Crippen LogP contribution in [0.3, 0.4) is 0 Å². The van der Waals surface area contributed by atoms with Gasteiger partial charge in [-0.15, -0.1) is 0 Å². The van der Waals surface area contributed by atoms with E-state index in [0.29, 0.717) is 22.7 Å². The number of ether oxygens (including phenoxy) is 1. The molecule has 2 amide bonds. The molecule has 0 unspecified atom stereocenters. The number of rotatable bonds is 5. The van der Waals surface area contributed by atoms with Gasteiger partial charge < -0.3 is 15.4 Å². The Morgan fingerprint density at radius 2 is 1.92 bits per heavy atom. The molecule has 2 N–H and O–H groups in total. The molecule has 2 aromatic carbocycles. The van der Waals surface area contributed by atoms with E-state index in [2.05, 4.69) is 10.6 Å². The van der Waals surface area contributed by atoms with Gasteiger partial charge in [-0.25, -0.2) is 4.39 Å². The lowest BCUT2D eigenvalue weighted by molar-refractivity contribution is -0.114. The second kappa shape index (κ2) is 7.92. The zero-order valence-corrected chi connectivity index (χ0v) is 13.3. The number of methoxy groups -OCH3 is 1. The fourth-order valence-corrected chi connectivity index (χ4v) is 2.04. The maximum atomic E-state index is 13.1. The Kier molecular flexibility index (Phi) is 5.68. The van der Waals surface area contributed by atoms with Gasteiger partial charge in [0.25, 0.3) is 0 Å². The van der Waals surface area contributed by atoms with E-state index in [1.54, 1.807) is 30.3 Å². The maximum Gasteiger partial charge on any atom is 0.248 e. The Balaban J connectivity index is 2.13. The van der Waals surface area contributed by atoms with Crippen LogP contribution in [0.5, 0.6) is 5.75 Å². The maximum absolute atomic E-state index is 13.1. The van der Waals surface area contributed by atoms with E-state index in [0.717, 1.165) is 0 Å². The van der Waals surface area contributed by atoms with Crippen molar-refractivity contribution in [3.63, 3.8) is 0 Å². The van der Waals surface area contributed by atoms with Crippen molar-refractivity contribution in [2.24, 2.45) is 0 Å². The SMILES string of the molecule is COc1ccc(NC(C)=O)cc1NC(=O)C=Cc1cccc(F)c1. The van der Waals surface area contributed by atoms with Crippen LogP contribution in [-0.4, -0.2) is 18.9 Å². The molecular weight excluding hydrogens is 311 g/mol. The van der Waals surface area contributed by atoms with Gasteiger partial charge in [-0.1, -0.05) is 12.1 Å². The average molecular weight is 328 g/mol. The fraction of sp³-hybridized carbons (Fsp3) is 0.111. The standard InChI is InChI=1S/C18H17FN2O3/c1-12(22)20-15-7-8-17(24-2)16(11-15)21-18(23)9-6-13-4-3-5-14(19)10-13/h3-11H,1-2H3,(H,20,22)(H,21,23). The normalized spacial score (nSPS) is 10.5. The van der Waals surface area contributed by atoms with Crippen molar-refractivity contribution in [1.29, 1.82) is 0 Å². The Morgan fingerprint density at radius 3 is 2.58 bits per heavy atom. The number of anilines is 2. The minimum atomic E-state index is -0.405. The van der Waals surface area contributed by atoms with E-state index in [4.69, 9.17) is 4.74 Å². The molecule has 0 saturated heterocycles. The summed E-state index contributed by atoms with van der Waals surface area (Å²) in [5, 5.41) is 5.29. The molecule has 0 fully saturated rings. The number of carbonyl (C=O) groups excluding carboxylic acids is 2. The van der Waals surface area contributed by atoms with Crippen molar-refractivity contribution in [3.05, 3.63) is 59.9 Å². The Bertz CT molecular complexity index is 788. The lowest BCUT2D eigenvalue weighted by atomic mass is 10.2. The molecule has 0 aliphatic carbocycles. The zero-order valence-electron chi connectivity index (χ0n) is 13.3. The van der Waals surface area contributed by atoms with Gasteiger partial charge in [0.1, 0.15) is 11.6 Å². The van der Waals surface area contributed by atoms with Gasteiger partial charge in [0, 0.05) is 18.7 Å². The van der Waals surface area contributed by atoms with Crippen LogP contribution in [0.25, 0.3) is 6.08 Å². The minimum absolute atomic E-state index is 0.219. The number of halogens is 1. The number of carbonyl (C=O) groups is 2. The molecule has 0 aliphatic heterocycles. The van der Waals surface area contributed by atoms with Gasteiger partial charge in [0.15, 0.2) is 0 Å². The van der Waals surface area contributed by atoms with Gasteiger partial charge >= 0.3 is 0 Å². The van der Waals surface area contributed by atoms with Crippen molar-refractivity contribution in [2.75, 3.05) is 17.7 Å². The van der Waals surface area contributed by atoms with E-state index in [1.807, 2.05) is 0 Å². The molecular formula is C18H17FN2O3. The summed E-state index contributed by atoms with van der Waals surface area (Å²) in [7, 11) is 1.48. The van der Waals surface area contributed by atoms with Crippen LogP contribution >= 0.6 is 0 Å². The lowest BCUT2D eigenvalue weighted by Gasteiger charge is -2.11. The molecule has 0 atom stereocenters. The average Bonchev–Trinajstić information content (AvgIpc) is 2.53. The number of benzene rings is 2. The van der Waals surface area contributed by atoms with Gasteiger partial charge in [0.2, 0.25) is 11.8 Å². The van der Waals surface area contributed by atoms with Crippen molar-refractivity contribution in [2.45, 2.75) is 6.92 Å². The molecule has 6 heteroatoms. The molecule has 5 nitrogen and oxygen atoms in total. The van der Waals surface area contributed by atoms with Gasteiger partial charge in [-0.05, 0) is 42.0 Å². The van der Waals surface area contributed by atoms with E-state index >= 15 is 0 Å². The first kappa shape index (κ1) is 17.2. The number of amides is 2. The van der Waals surface area contributed by atoms with Crippen LogP contribution in [-0.2, 0) is 9.59 Å². The molecule has 0 spiro atoms. The largest absolute Gasteiger partial charge is 0.495 e. The quantitative estimate of drug-likeness (QED) is 0.826. The van der Waals surface area contributed by atoms with Crippen molar-refractivity contribution >= 4 is 29.3 Å². The van der Waals surface area contributed by atoms with Crippen molar-refractivity contribution < 1.29 is 18.7 Å². The van der Waals surface area contributed by atoms with Gasteiger partial charge in [0.05, 0.1) is 12.8 Å². The summed E-state index contributed by atoms with van der Waals surface area (Å²) in [5.41, 5.74) is 1.52. The van der Waals surface area contributed by atoms with Crippen LogP contribution in [0.15, 0.2) is 48.5 Å². The zero-order chi connectivity index (χ0) is 17.5. The van der Waals surface area contributed by atoms with Crippen molar-refractivity contribution in [3.8, 4) is 5.75 Å². The topological polar surface area (TPSA) is 67.4 Å². The predicted molar refractivity (Wildman–Crippen MR) is 91.4 cm³/mol. The molecule has 0 saturated carbocycles. The molecule has 0 aromatic heterocycles.